The maximum absolute atomic E-state index is 6.30. The van der Waals surface area contributed by atoms with Crippen molar-refractivity contribution in [3.05, 3.63) is 46.5 Å². The average Bonchev–Trinajstić information content (AvgIpc) is 3.18. The van der Waals surface area contributed by atoms with E-state index in [9.17, 15) is 0 Å². The van der Waals surface area contributed by atoms with Crippen molar-refractivity contribution in [2.45, 2.75) is 143 Å². The average molecular weight is 477 g/mol. The molecule has 1 heteroatoms. The molecule has 0 N–H and O–H groups in total. The largest absolute Gasteiger partial charge is 0.456 e. The minimum Gasteiger partial charge on any atom is -0.456 e. The molecule has 0 unspecified atom stereocenters. The smallest absolute Gasteiger partial charge is 0.135 e. The molecule has 0 amide bonds. The minimum absolute atomic E-state index is 1.06. The fourth-order valence-electron chi connectivity index (χ4n) is 5.60. The second-order valence-corrected chi connectivity index (χ2v) is 11.1. The topological polar surface area (TPSA) is 13.1 Å². The van der Waals surface area contributed by atoms with Gasteiger partial charge in [0.1, 0.15) is 11.2 Å². The third kappa shape index (κ3) is 8.69. The van der Waals surface area contributed by atoms with Crippen molar-refractivity contribution in [3.8, 4) is 0 Å². The van der Waals surface area contributed by atoms with Crippen LogP contribution in [-0.4, -0.2) is 0 Å². The number of rotatable bonds is 18. The van der Waals surface area contributed by atoms with Gasteiger partial charge in [-0.3, -0.25) is 0 Å². The molecular formula is C34H52O. The van der Waals surface area contributed by atoms with E-state index < -0.39 is 0 Å². The molecule has 0 saturated carbocycles. The molecule has 1 heterocycles. The Bertz CT molecular complexity index is 928. The van der Waals surface area contributed by atoms with Crippen molar-refractivity contribution in [1.29, 1.82) is 0 Å². The van der Waals surface area contributed by atoms with E-state index in [1.807, 2.05) is 0 Å². The molecule has 0 radical (unpaired) electrons. The fraction of sp³-hybridized carbons (Fsp3) is 0.647. The molecular weight excluding hydrogens is 424 g/mol. The first-order valence-corrected chi connectivity index (χ1v) is 15.1. The molecule has 0 aliphatic rings. The molecule has 1 aromatic heterocycles. The monoisotopic (exact) mass is 476 g/mol. The summed E-state index contributed by atoms with van der Waals surface area (Å²) in [5.74, 6) is 0. The van der Waals surface area contributed by atoms with E-state index in [0.717, 1.165) is 11.2 Å². The summed E-state index contributed by atoms with van der Waals surface area (Å²) in [6, 6.07) is 9.44. The van der Waals surface area contributed by atoms with E-state index in [2.05, 4.69) is 52.0 Å². The zero-order valence-corrected chi connectivity index (χ0v) is 23.4. The standard InChI is InChI=1S/C34H52O/c1-5-7-9-11-13-15-17-19-21-29-25-31-32-26-30(22-20-18-16-14-12-10-8-6-2)28(4)24-34(32)35-33(31)23-27(29)3/h23-26H,5-22H2,1-4H3. The summed E-state index contributed by atoms with van der Waals surface area (Å²) in [5.41, 5.74) is 7.90. The van der Waals surface area contributed by atoms with E-state index in [0.29, 0.717) is 0 Å². The molecule has 0 bridgehead atoms. The van der Waals surface area contributed by atoms with Gasteiger partial charge in [0.25, 0.3) is 0 Å². The predicted molar refractivity (Wildman–Crippen MR) is 156 cm³/mol. The van der Waals surface area contributed by atoms with E-state index in [-0.39, 0.29) is 0 Å². The van der Waals surface area contributed by atoms with Crippen LogP contribution in [0.1, 0.15) is 139 Å². The summed E-state index contributed by atoms with van der Waals surface area (Å²) in [6.07, 6.45) is 24.5. The molecule has 0 atom stereocenters. The van der Waals surface area contributed by atoms with Gasteiger partial charge in [0.05, 0.1) is 0 Å². The Morgan fingerprint density at radius 3 is 1.17 bits per heavy atom. The Labute approximate surface area is 216 Å². The number of hydrogen-bond donors (Lipinski definition) is 0. The number of hydrogen-bond acceptors (Lipinski definition) is 1. The number of fused-ring (bicyclic) bond motifs is 3. The molecule has 1 nitrogen and oxygen atoms in total. The van der Waals surface area contributed by atoms with Crippen LogP contribution in [0.15, 0.2) is 28.7 Å². The van der Waals surface area contributed by atoms with E-state index in [1.165, 1.54) is 149 Å². The summed E-state index contributed by atoms with van der Waals surface area (Å²) >= 11 is 0. The summed E-state index contributed by atoms with van der Waals surface area (Å²) in [4.78, 5) is 0. The number of furan rings is 1. The van der Waals surface area contributed by atoms with Gasteiger partial charge in [-0.15, -0.1) is 0 Å². The number of benzene rings is 2. The number of unbranched alkanes of at least 4 members (excludes halogenated alkanes) is 14. The molecule has 0 spiro atoms. The molecule has 3 rings (SSSR count). The van der Waals surface area contributed by atoms with Crippen LogP contribution in [0.3, 0.4) is 0 Å². The second-order valence-electron chi connectivity index (χ2n) is 11.1. The highest BCUT2D eigenvalue weighted by Crippen LogP contribution is 2.33. The Morgan fingerprint density at radius 2 is 0.800 bits per heavy atom. The third-order valence-corrected chi connectivity index (χ3v) is 7.99. The first-order chi connectivity index (χ1) is 17.1. The molecule has 0 fully saturated rings. The quantitative estimate of drug-likeness (QED) is 0.166. The van der Waals surface area contributed by atoms with Gasteiger partial charge in [0, 0.05) is 10.8 Å². The van der Waals surface area contributed by atoms with Gasteiger partial charge < -0.3 is 4.42 Å². The first kappa shape index (κ1) is 27.8. The highest BCUT2D eigenvalue weighted by Gasteiger charge is 2.12. The molecule has 3 aromatic rings. The maximum atomic E-state index is 6.30. The molecule has 2 aromatic carbocycles. The van der Waals surface area contributed by atoms with Crippen molar-refractivity contribution < 1.29 is 4.42 Å². The highest BCUT2D eigenvalue weighted by atomic mass is 16.3. The molecule has 0 aliphatic heterocycles. The second kappa shape index (κ2) is 15.4. The van der Waals surface area contributed by atoms with Crippen LogP contribution >= 0.6 is 0 Å². The van der Waals surface area contributed by atoms with E-state index >= 15 is 0 Å². The van der Waals surface area contributed by atoms with Crippen molar-refractivity contribution in [3.63, 3.8) is 0 Å². The summed E-state index contributed by atoms with van der Waals surface area (Å²) < 4.78 is 6.30. The van der Waals surface area contributed by atoms with Gasteiger partial charge in [-0.1, -0.05) is 104 Å². The summed E-state index contributed by atoms with van der Waals surface area (Å²) in [7, 11) is 0. The molecule has 0 saturated heterocycles. The lowest BCUT2D eigenvalue weighted by molar-refractivity contribution is 0.575. The van der Waals surface area contributed by atoms with Crippen LogP contribution in [0, 0.1) is 13.8 Å². The van der Waals surface area contributed by atoms with Crippen molar-refractivity contribution in [1.82, 2.24) is 0 Å². The lowest BCUT2D eigenvalue weighted by Crippen LogP contribution is -1.92. The summed E-state index contributed by atoms with van der Waals surface area (Å²) in [5, 5.41) is 2.63. The lowest BCUT2D eigenvalue weighted by Gasteiger charge is -2.08. The van der Waals surface area contributed by atoms with Crippen LogP contribution < -0.4 is 0 Å². The van der Waals surface area contributed by atoms with Gasteiger partial charge in [-0.05, 0) is 86.1 Å². The van der Waals surface area contributed by atoms with Gasteiger partial charge in [0.15, 0.2) is 0 Å². The van der Waals surface area contributed by atoms with Crippen LogP contribution in [0.5, 0.6) is 0 Å². The Kier molecular flexibility index (Phi) is 12.2. The number of aryl methyl sites for hydroxylation is 4. The summed E-state index contributed by atoms with van der Waals surface area (Å²) in [6.45, 7) is 9.10. The van der Waals surface area contributed by atoms with Gasteiger partial charge in [-0.25, -0.2) is 0 Å². The minimum atomic E-state index is 1.06. The molecule has 35 heavy (non-hydrogen) atoms. The van der Waals surface area contributed by atoms with Crippen LogP contribution in [-0.2, 0) is 12.8 Å². The lowest BCUT2D eigenvalue weighted by atomic mass is 9.96. The Hall–Kier alpha value is -1.76. The van der Waals surface area contributed by atoms with Crippen LogP contribution in [0.2, 0.25) is 0 Å². The first-order valence-electron chi connectivity index (χ1n) is 15.1. The van der Waals surface area contributed by atoms with E-state index in [1.54, 1.807) is 0 Å². The van der Waals surface area contributed by atoms with Crippen LogP contribution in [0.25, 0.3) is 21.9 Å². The third-order valence-electron chi connectivity index (χ3n) is 7.99. The van der Waals surface area contributed by atoms with Crippen molar-refractivity contribution in [2.75, 3.05) is 0 Å². The zero-order chi connectivity index (χ0) is 24.9. The molecule has 194 valence electrons. The normalized spacial score (nSPS) is 11.8. The SMILES string of the molecule is CCCCCCCCCCc1cc2c(cc1C)oc1cc(C)c(CCCCCCCCCC)cc12. The Morgan fingerprint density at radius 1 is 0.457 bits per heavy atom. The van der Waals surface area contributed by atoms with Crippen LogP contribution in [0.4, 0.5) is 0 Å². The predicted octanol–water partition coefficient (Wildman–Crippen LogP) is 11.6. The highest BCUT2D eigenvalue weighted by molar-refractivity contribution is 6.05. The van der Waals surface area contributed by atoms with E-state index in [4.69, 9.17) is 4.42 Å². The van der Waals surface area contributed by atoms with Crippen molar-refractivity contribution >= 4 is 21.9 Å². The maximum Gasteiger partial charge on any atom is 0.135 e. The van der Waals surface area contributed by atoms with Gasteiger partial charge >= 0.3 is 0 Å². The van der Waals surface area contributed by atoms with Crippen molar-refractivity contribution in [2.24, 2.45) is 0 Å². The molecule has 0 aliphatic carbocycles. The zero-order valence-electron chi connectivity index (χ0n) is 23.4. The fourth-order valence-corrected chi connectivity index (χ4v) is 5.60. The van der Waals surface area contributed by atoms with Gasteiger partial charge in [0.2, 0.25) is 0 Å². The Balaban J connectivity index is 1.57. The van der Waals surface area contributed by atoms with Gasteiger partial charge in [-0.2, -0.15) is 0 Å².